The van der Waals surface area contributed by atoms with Crippen LogP contribution in [0.15, 0.2) is 36.7 Å². The lowest BCUT2D eigenvalue weighted by Gasteiger charge is -2.08. The lowest BCUT2D eigenvalue weighted by molar-refractivity contribution is -0.139. The summed E-state index contributed by atoms with van der Waals surface area (Å²) in [5, 5.41) is 0. The van der Waals surface area contributed by atoms with Crippen LogP contribution in [0.1, 0.15) is 18.1 Å². The van der Waals surface area contributed by atoms with E-state index in [1.165, 1.54) is 0 Å². The van der Waals surface area contributed by atoms with Gasteiger partial charge in [-0.15, -0.1) is 0 Å². The van der Waals surface area contributed by atoms with Crippen molar-refractivity contribution in [1.29, 1.82) is 0 Å². The highest BCUT2D eigenvalue weighted by molar-refractivity contribution is 6.42. The summed E-state index contributed by atoms with van der Waals surface area (Å²) in [4.78, 5) is 23.4. The van der Waals surface area contributed by atoms with E-state index in [1.54, 1.807) is 37.5 Å². The lowest BCUT2D eigenvalue weighted by Crippen LogP contribution is -2.21. The van der Waals surface area contributed by atoms with Crippen LogP contribution in [0.3, 0.4) is 0 Å². The van der Waals surface area contributed by atoms with Gasteiger partial charge in [-0.25, -0.2) is 14.8 Å². The molecule has 0 aliphatic carbocycles. The van der Waals surface area contributed by atoms with E-state index in [-0.39, 0.29) is 12.3 Å². The molecule has 0 bridgehead atoms. The van der Waals surface area contributed by atoms with E-state index in [4.69, 9.17) is 4.74 Å². The van der Waals surface area contributed by atoms with Crippen LogP contribution in [0.4, 0.5) is 0 Å². The molecule has 0 N–H and O–H groups in total. The quantitative estimate of drug-likeness (QED) is 0.371. The predicted octanol–water partition coefficient (Wildman–Crippen LogP) is 2.03. The van der Waals surface area contributed by atoms with Gasteiger partial charge in [-0.05, 0) is 31.5 Å². The third-order valence-electron chi connectivity index (χ3n) is 2.89. The first-order chi connectivity index (χ1) is 10.2. The summed E-state index contributed by atoms with van der Waals surface area (Å²) < 4.78 is 4.91. The first-order valence-electron chi connectivity index (χ1n) is 6.45. The molecule has 0 fully saturated rings. The van der Waals surface area contributed by atoms with Crippen LogP contribution >= 0.6 is 0 Å². The second-order valence-electron chi connectivity index (χ2n) is 4.24. The Balaban J connectivity index is 2.63. The molecule has 0 atom stereocenters. The second-order valence-corrected chi connectivity index (χ2v) is 4.24. The summed E-state index contributed by atoms with van der Waals surface area (Å²) >= 11 is 0. The van der Waals surface area contributed by atoms with Crippen LogP contribution in [0, 0.1) is 6.92 Å². The van der Waals surface area contributed by atoms with Crippen molar-refractivity contribution in [3.8, 4) is 11.4 Å². The number of carbonyl (C=O) groups is 1. The molecule has 0 spiro atoms. The van der Waals surface area contributed by atoms with Gasteiger partial charge in [-0.3, -0.25) is 0 Å². The highest BCUT2D eigenvalue weighted by Gasteiger charge is 2.29. The molecular weight excluding hydrogens is 268 g/mol. The Morgan fingerprint density at radius 1 is 1.29 bits per heavy atom. The third-order valence-corrected chi connectivity index (χ3v) is 2.89. The van der Waals surface area contributed by atoms with E-state index in [0.29, 0.717) is 17.0 Å². The number of hydrogen-bond acceptors (Lipinski definition) is 4. The first-order valence-corrected chi connectivity index (χ1v) is 6.45. The van der Waals surface area contributed by atoms with E-state index in [9.17, 15) is 10.3 Å². The van der Waals surface area contributed by atoms with Gasteiger partial charge >= 0.3 is 11.7 Å². The van der Waals surface area contributed by atoms with Crippen molar-refractivity contribution >= 4 is 11.7 Å². The Morgan fingerprint density at radius 3 is 2.62 bits per heavy atom. The van der Waals surface area contributed by atoms with Crippen LogP contribution in [0.2, 0.25) is 0 Å². The summed E-state index contributed by atoms with van der Waals surface area (Å²) in [7, 11) is 0. The number of carbonyl (C=O) groups excluding carboxylic acids is 1. The summed E-state index contributed by atoms with van der Waals surface area (Å²) in [6, 6.07) is 7.01. The van der Waals surface area contributed by atoms with Gasteiger partial charge in [0.2, 0.25) is 0 Å². The number of esters is 1. The van der Waals surface area contributed by atoms with Gasteiger partial charge in [0.25, 0.3) is 0 Å². The van der Waals surface area contributed by atoms with E-state index in [2.05, 4.69) is 14.8 Å². The van der Waals surface area contributed by atoms with Crippen molar-refractivity contribution < 1.29 is 14.3 Å². The molecular formula is C15H14N4O2. The van der Waals surface area contributed by atoms with Gasteiger partial charge < -0.3 is 10.3 Å². The molecule has 2 rings (SSSR count). The smallest absolute Gasteiger partial charge is 0.422 e. The normalized spacial score (nSPS) is 9.81. The summed E-state index contributed by atoms with van der Waals surface area (Å²) in [6.45, 7) is 3.75. The molecule has 0 saturated heterocycles. The third kappa shape index (κ3) is 3.01. The van der Waals surface area contributed by atoms with Crippen molar-refractivity contribution in [2.24, 2.45) is 0 Å². The van der Waals surface area contributed by atoms with Crippen LogP contribution in [0.5, 0.6) is 0 Å². The molecule has 0 amide bonds. The molecule has 1 aromatic carbocycles. The van der Waals surface area contributed by atoms with Crippen LogP contribution < -0.4 is 0 Å². The van der Waals surface area contributed by atoms with E-state index >= 15 is 0 Å². The maximum absolute atomic E-state index is 11.9. The maximum atomic E-state index is 11.9. The average Bonchev–Trinajstić information content (AvgIpc) is 2.49. The molecule has 21 heavy (non-hydrogen) atoms. The Labute approximate surface area is 122 Å². The molecule has 2 aromatic rings. The van der Waals surface area contributed by atoms with Crippen LogP contribution in [-0.4, -0.2) is 33.0 Å². The van der Waals surface area contributed by atoms with E-state index in [1.807, 2.05) is 13.0 Å². The van der Waals surface area contributed by atoms with E-state index in [0.717, 1.165) is 5.56 Å². The van der Waals surface area contributed by atoms with E-state index < -0.39 is 5.97 Å². The minimum Gasteiger partial charge on any atom is -0.457 e. The second kappa shape index (κ2) is 6.54. The number of ether oxygens (including phenoxy) is 1. The van der Waals surface area contributed by atoms with Crippen molar-refractivity contribution in [2.75, 3.05) is 6.61 Å². The molecule has 0 aliphatic rings. The summed E-state index contributed by atoms with van der Waals surface area (Å²) in [5.74, 6) is -0.237. The maximum Gasteiger partial charge on any atom is 0.422 e. The van der Waals surface area contributed by atoms with Crippen LogP contribution in [-0.2, 0) is 9.53 Å². The molecule has 0 unspecified atom stereocenters. The molecule has 0 saturated carbocycles. The van der Waals surface area contributed by atoms with Crippen LogP contribution in [0.25, 0.3) is 16.9 Å². The zero-order chi connectivity index (χ0) is 15.2. The molecule has 6 nitrogen and oxygen atoms in total. The zero-order valence-electron chi connectivity index (χ0n) is 11.8. The lowest BCUT2D eigenvalue weighted by atomic mass is 9.97. The van der Waals surface area contributed by atoms with Gasteiger partial charge in [0, 0.05) is 18.0 Å². The van der Waals surface area contributed by atoms with Gasteiger partial charge in [-0.2, -0.15) is 4.79 Å². The minimum atomic E-state index is -0.692. The molecule has 0 aliphatic heterocycles. The summed E-state index contributed by atoms with van der Waals surface area (Å²) in [6.07, 6.45) is 3.22. The topological polar surface area (TPSA) is 88.5 Å². The number of hydrogen-bond donors (Lipinski definition) is 0. The Morgan fingerprint density at radius 2 is 2.00 bits per heavy atom. The Hall–Kier alpha value is -2.85. The fourth-order valence-electron chi connectivity index (χ4n) is 1.99. The summed E-state index contributed by atoms with van der Waals surface area (Å²) in [5.41, 5.74) is 11.0. The Bertz CT molecular complexity index is 707. The number of aryl methyl sites for hydroxylation is 1. The fraction of sp³-hybridized carbons (Fsp3) is 0.200. The monoisotopic (exact) mass is 282 g/mol. The van der Waals surface area contributed by atoms with Gasteiger partial charge in [0.1, 0.15) is 0 Å². The number of aromatic nitrogens is 2. The SMILES string of the molecule is CCOC(=O)C(=[N+]=[N-])c1cccc(C)c1-c1ncccn1. The molecule has 1 heterocycles. The van der Waals surface area contributed by atoms with Crippen molar-refractivity contribution in [1.82, 2.24) is 9.97 Å². The van der Waals surface area contributed by atoms with Crippen molar-refractivity contribution in [3.63, 3.8) is 0 Å². The molecule has 106 valence electrons. The van der Waals surface area contributed by atoms with Gasteiger partial charge in [0.05, 0.1) is 12.2 Å². The molecule has 0 radical (unpaired) electrons. The standard InChI is InChI=1S/C15H14N4O2/c1-3-21-15(20)13(19-16)11-7-4-6-10(2)12(11)14-17-8-5-9-18-14/h4-9H,3H2,1-2H3. The average molecular weight is 282 g/mol. The highest BCUT2D eigenvalue weighted by Crippen LogP contribution is 2.24. The highest BCUT2D eigenvalue weighted by atomic mass is 16.5. The van der Waals surface area contributed by atoms with Crippen molar-refractivity contribution in [3.05, 3.63) is 53.3 Å². The van der Waals surface area contributed by atoms with Gasteiger partial charge in [0.15, 0.2) is 5.82 Å². The number of benzene rings is 1. The molecule has 6 heteroatoms. The predicted molar refractivity (Wildman–Crippen MR) is 76.6 cm³/mol. The number of nitrogens with zero attached hydrogens (tertiary/aromatic N) is 4. The first kappa shape index (κ1) is 14.6. The zero-order valence-corrected chi connectivity index (χ0v) is 11.8. The fourth-order valence-corrected chi connectivity index (χ4v) is 1.99. The largest absolute Gasteiger partial charge is 0.457 e. The van der Waals surface area contributed by atoms with Crippen molar-refractivity contribution in [2.45, 2.75) is 13.8 Å². The minimum absolute atomic E-state index is 0.164. The molecule has 1 aromatic heterocycles. The number of rotatable bonds is 4. The van der Waals surface area contributed by atoms with Gasteiger partial charge in [-0.1, -0.05) is 12.1 Å². The Kier molecular flexibility index (Phi) is 4.53.